The van der Waals surface area contributed by atoms with Gasteiger partial charge in [0.2, 0.25) is 0 Å². The molecule has 0 atom stereocenters. The maximum absolute atomic E-state index is 12.7. The number of rotatable bonds is 4. The van der Waals surface area contributed by atoms with Crippen molar-refractivity contribution in [3.63, 3.8) is 0 Å². The Morgan fingerprint density at radius 1 is 0.893 bits per heavy atom. The second-order valence-corrected chi connectivity index (χ2v) is 7.47. The molecule has 0 radical (unpaired) electrons. The van der Waals surface area contributed by atoms with Gasteiger partial charge < -0.3 is 15.2 Å². The molecule has 1 spiro atoms. The van der Waals surface area contributed by atoms with E-state index in [2.05, 4.69) is 10.5 Å². The molecule has 2 heterocycles. The minimum atomic E-state index is -1.10. The van der Waals surface area contributed by atoms with E-state index in [1.54, 1.807) is 26.0 Å². The average molecular weight is 393 g/mol. The van der Waals surface area contributed by atoms with E-state index in [1.807, 2.05) is 60.7 Å². The van der Waals surface area contributed by atoms with Crippen LogP contribution in [0.3, 0.4) is 0 Å². The highest BCUT2D eigenvalue weighted by Crippen LogP contribution is 2.49. The predicted octanol–water partition coefficient (Wildman–Crippen LogP) is 3.22. The Labute approximate surface area is 167 Å². The van der Waals surface area contributed by atoms with Gasteiger partial charge >= 0.3 is 0 Å². The van der Waals surface area contributed by atoms with Crippen molar-refractivity contribution >= 4 is 33.3 Å². The number of amides is 1. The standard InChI is InChI=1S/C21H19N3O3S/c1-26-15-7-3-13(4-8-15)17-11-21(19(22)23-24-20(21)25)12-18(28-17)14-5-9-16(27-2)10-6-14/h3-12H,1-2H3,(H2,22,23)(H,24,25). The lowest BCUT2D eigenvalue weighted by Crippen LogP contribution is -2.39. The number of hydrogen-bond donors (Lipinski definition) is 2. The van der Waals surface area contributed by atoms with Crippen LogP contribution in [0.15, 0.2) is 65.8 Å². The summed E-state index contributed by atoms with van der Waals surface area (Å²) in [5.74, 6) is 1.51. The van der Waals surface area contributed by atoms with Crippen molar-refractivity contribution in [2.45, 2.75) is 0 Å². The van der Waals surface area contributed by atoms with Crippen LogP contribution in [0.2, 0.25) is 0 Å². The number of nitrogens with two attached hydrogens (primary N) is 1. The van der Waals surface area contributed by atoms with Gasteiger partial charge in [0.25, 0.3) is 5.91 Å². The number of nitrogens with zero attached hydrogens (tertiary/aromatic N) is 1. The zero-order chi connectivity index (χ0) is 19.7. The largest absolute Gasteiger partial charge is 0.497 e. The zero-order valence-electron chi connectivity index (χ0n) is 15.4. The molecular formula is C21H19N3O3S. The quantitative estimate of drug-likeness (QED) is 0.833. The van der Waals surface area contributed by atoms with Gasteiger partial charge in [-0.25, -0.2) is 5.43 Å². The number of benzene rings is 2. The molecule has 2 aliphatic rings. The van der Waals surface area contributed by atoms with Crippen LogP contribution in [-0.4, -0.2) is 26.0 Å². The van der Waals surface area contributed by atoms with E-state index < -0.39 is 5.41 Å². The van der Waals surface area contributed by atoms with Gasteiger partial charge in [-0.3, -0.25) is 4.79 Å². The molecule has 2 aromatic carbocycles. The molecule has 4 rings (SSSR count). The summed E-state index contributed by atoms with van der Waals surface area (Å²) in [6.07, 6.45) is 3.74. The number of hydrogen-bond acceptors (Lipinski definition) is 6. The van der Waals surface area contributed by atoms with E-state index in [0.29, 0.717) is 0 Å². The van der Waals surface area contributed by atoms with Crippen molar-refractivity contribution in [3.8, 4) is 11.5 Å². The van der Waals surface area contributed by atoms with Crippen LogP contribution >= 0.6 is 11.8 Å². The van der Waals surface area contributed by atoms with Crippen molar-refractivity contribution in [3.05, 3.63) is 71.8 Å². The Bertz CT molecular complexity index is 945. The van der Waals surface area contributed by atoms with E-state index in [1.165, 1.54) is 0 Å². The minimum absolute atomic E-state index is 0.231. The Morgan fingerprint density at radius 2 is 1.36 bits per heavy atom. The molecule has 6 nitrogen and oxygen atoms in total. The molecule has 0 bridgehead atoms. The molecule has 0 aromatic heterocycles. The van der Waals surface area contributed by atoms with Crippen LogP contribution in [0.25, 0.3) is 9.81 Å². The van der Waals surface area contributed by atoms with Crippen LogP contribution in [-0.2, 0) is 4.79 Å². The Balaban J connectivity index is 1.80. The molecule has 142 valence electrons. The SMILES string of the molecule is COc1ccc(C2=CC3(C=C(c4ccc(OC)cc4)S2)C(=O)NN=C3N)cc1. The first-order valence-corrected chi connectivity index (χ1v) is 9.44. The molecule has 0 saturated carbocycles. The molecular weight excluding hydrogens is 374 g/mol. The third kappa shape index (κ3) is 3.03. The van der Waals surface area contributed by atoms with Crippen molar-refractivity contribution < 1.29 is 14.3 Å². The van der Waals surface area contributed by atoms with Crippen LogP contribution < -0.4 is 20.6 Å². The second-order valence-electron chi connectivity index (χ2n) is 6.38. The summed E-state index contributed by atoms with van der Waals surface area (Å²) in [5, 5.41) is 3.96. The lowest BCUT2D eigenvalue weighted by Gasteiger charge is -2.27. The number of amidine groups is 1. The van der Waals surface area contributed by atoms with Gasteiger partial charge in [-0.15, -0.1) is 0 Å². The summed E-state index contributed by atoms with van der Waals surface area (Å²) >= 11 is 1.58. The second kappa shape index (κ2) is 7.09. The molecule has 0 aliphatic carbocycles. The summed E-state index contributed by atoms with van der Waals surface area (Å²) in [6.45, 7) is 0. The van der Waals surface area contributed by atoms with Gasteiger partial charge in [0.05, 0.1) is 14.2 Å². The number of thioether (sulfide) groups is 1. The summed E-state index contributed by atoms with van der Waals surface area (Å²) in [4.78, 5) is 14.5. The van der Waals surface area contributed by atoms with Gasteiger partial charge in [-0.2, -0.15) is 5.10 Å². The molecule has 28 heavy (non-hydrogen) atoms. The molecule has 0 fully saturated rings. The van der Waals surface area contributed by atoms with Gasteiger partial charge in [0.15, 0.2) is 0 Å². The van der Waals surface area contributed by atoms with Crippen LogP contribution in [0.1, 0.15) is 11.1 Å². The summed E-state index contributed by atoms with van der Waals surface area (Å²) in [6, 6.07) is 15.4. The fraction of sp³-hybridized carbons (Fsp3) is 0.143. The number of carbonyl (C=O) groups excluding carboxylic acids is 1. The van der Waals surface area contributed by atoms with Crippen molar-refractivity contribution in [1.82, 2.24) is 5.43 Å². The van der Waals surface area contributed by atoms with Crippen molar-refractivity contribution in [2.75, 3.05) is 14.2 Å². The predicted molar refractivity (Wildman–Crippen MR) is 112 cm³/mol. The number of nitrogens with one attached hydrogen (secondary N) is 1. The Kier molecular flexibility index (Phi) is 4.60. The molecule has 7 heteroatoms. The van der Waals surface area contributed by atoms with E-state index in [4.69, 9.17) is 15.2 Å². The van der Waals surface area contributed by atoms with Crippen LogP contribution in [0, 0.1) is 5.41 Å². The van der Waals surface area contributed by atoms with E-state index in [0.717, 1.165) is 32.4 Å². The fourth-order valence-corrected chi connectivity index (χ4v) is 4.35. The highest BCUT2D eigenvalue weighted by molar-refractivity contribution is 8.16. The van der Waals surface area contributed by atoms with E-state index in [-0.39, 0.29) is 11.7 Å². The fourth-order valence-electron chi connectivity index (χ4n) is 3.12. The number of carbonyl (C=O) groups is 1. The third-order valence-corrected chi connectivity index (χ3v) is 5.91. The van der Waals surface area contributed by atoms with Gasteiger partial charge in [-0.1, -0.05) is 36.0 Å². The highest BCUT2D eigenvalue weighted by Gasteiger charge is 2.45. The monoisotopic (exact) mass is 393 g/mol. The first-order chi connectivity index (χ1) is 13.6. The normalized spacial score (nSPS) is 17.5. The molecule has 1 amide bonds. The zero-order valence-corrected chi connectivity index (χ0v) is 16.2. The smallest absolute Gasteiger partial charge is 0.261 e. The first kappa shape index (κ1) is 18.2. The van der Waals surface area contributed by atoms with Gasteiger partial charge in [-0.05, 0) is 47.5 Å². The summed E-state index contributed by atoms with van der Waals surface area (Å²) < 4.78 is 10.5. The Morgan fingerprint density at radius 3 is 1.71 bits per heavy atom. The molecule has 2 aromatic rings. The van der Waals surface area contributed by atoms with Crippen molar-refractivity contribution in [2.24, 2.45) is 16.3 Å². The van der Waals surface area contributed by atoms with E-state index in [9.17, 15) is 4.79 Å². The number of hydrazone groups is 1. The molecule has 3 N–H and O–H groups in total. The highest BCUT2D eigenvalue weighted by atomic mass is 32.2. The molecule has 2 aliphatic heterocycles. The average Bonchev–Trinajstić information content (AvgIpc) is 3.01. The topological polar surface area (TPSA) is 85.9 Å². The minimum Gasteiger partial charge on any atom is -0.497 e. The summed E-state index contributed by atoms with van der Waals surface area (Å²) in [7, 11) is 3.26. The third-order valence-electron chi connectivity index (χ3n) is 4.76. The lowest BCUT2D eigenvalue weighted by atomic mass is 9.84. The van der Waals surface area contributed by atoms with Gasteiger partial charge in [0.1, 0.15) is 22.7 Å². The van der Waals surface area contributed by atoms with Crippen LogP contribution in [0.5, 0.6) is 11.5 Å². The lowest BCUT2D eigenvalue weighted by molar-refractivity contribution is -0.123. The van der Waals surface area contributed by atoms with E-state index >= 15 is 0 Å². The summed E-state index contributed by atoms with van der Waals surface area (Å²) in [5.41, 5.74) is 9.47. The van der Waals surface area contributed by atoms with Gasteiger partial charge in [0, 0.05) is 9.81 Å². The molecule has 0 saturated heterocycles. The maximum Gasteiger partial charge on any atom is 0.261 e. The Hall–Kier alpha value is -3.19. The number of methoxy groups -OCH3 is 2. The maximum atomic E-state index is 12.7. The first-order valence-electron chi connectivity index (χ1n) is 8.62. The molecule has 0 unspecified atom stereocenters. The van der Waals surface area contributed by atoms with Crippen molar-refractivity contribution in [1.29, 1.82) is 0 Å². The van der Waals surface area contributed by atoms with Crippen LogP contribution in [0.4, 0.5) is 0 Å². The number of ether oxygens (including phenoxy) is 2.